The summed E-state index contributed by atoms with van der Waals surface area (Å²) < 4.78 is 21.1. The van der Waals surface area contributed by atoms with E-state index in [1.807, 2.05) is 0 Å². The molecule has 0 radical (unpaired) electrons. The van der Waals surface area contributed by atoms with Gasteiger partial charge in [0, 0.05) is 13.1 Å². The van der Waals surface area contributed by atoms with E-state index in [1.54, 1.807) is 0 Å². The highest BCUT2D eigenvalue weighted by molar-refractivity contribution is 7.89. The second kappa shape index (κ2) is 4.88. The highest BCUT2D eigenvalue weighted by atomic mass is 32.2. The minimum absolute atomic E-state index is 0.0452. The molecule has 0 saturated heterocycles. The second-order valence-electron chi connectivity index (χ2n) is 4.06. The van der Waals surface area contributed by atoms with Crippen LogP contribution in [-0.4, -0.2) is 44.4 Å². The number of amides is 2. The predicted molar refractivity (Wildman–Crippen MR) is 58.7 cm³/mol. The maximum Gasteiger partial charge on any atom is 0.314 e. The first-order chi connectivity index (χ1) is 7.75. The summed E-state index contributed by atoms with van der Waals surface area (Å²) in [6.45, 7) is -0.0612. The van der Waals surface area contributed by atoms with Crippen molar-refractivity contribution < 1.29 is 23.1 Å². The summed E-state index contributed by atoms with van der Waals surface area (Å²) in [5.41, 5.74) is -0.836. The molecule has 1 aliphatic carbocycles. The quantitative estimate of drug-likeness (QED) is 0.460. The van der Waals surface area contributed by atoms with Crippen molar-refractivity contribution in [2.45, 2.75) is 12.8 Å². The molecule has 0 bridgehead atoms. The molecule has 1 saturated carbocycles. The molecule has 98 valence electrons. The Morgan fingerprint density at radius 2 is 1.88 bits per heavy atom. The normalized spacial score (nSPS) is 17.2. The van der Waals surface area contributed by atoms with Gasteiger partial charge < -0.3 is 15.7 Å². The summed E-state index contributed by atoms with van der Waals surface area (Å²) in [5, 5.41) is 18.2. The van der Waals surface area contributed by atoms with Gasteiger partial charge in [0.1, 0.15) is 0 Å². The van der Waals surface area contributed by atoms with Crippen molar-refractivity contribution in [1.82, 2.24) is 10.6 Å². The van der Waals surface area contributed by atoms with Crippen molar-refractivity contribution in [3.05, 3.63) is 0 Å². The van der Waals surface area contributed by atoms with Crippen LogP contribution in [0.25, 0.3) is 0 Å². The van der Waals surface area contributed by atoms with E-state index in [-0.39, 0.29) is 18.8 Å². The lowest BCUT2D eigenvalue weighted by Crippen LogP contribution is -2.42. The van der Waals surface area contributed by atoms with Crippen LogP contribution in [-0.2, 0) is 14.8 Å². The molecule has 9 heteroatoms. The molecule has 8 nitrogen and oxygen atoms in total. The highest BCUT2D eigenvalue weighted by Gasteiger charge is 2.50. The first-order valence-corrected chi connectivity index (χ1v) is 6.72. The third-order valence-electron chi connectivity index (χ3n) is 2.57. The van der Waals surface area contributed by atoms with Crippen LogP contribution in [0.5, 0.6) is 0 Å². The minimum atomic E-state index is -3.60. The number of hydrogen-bond donors (Lipinski definition) is 4. The Morgan fingerprint density at radius 1 is 1.29 bits per heavy atom. The average Bonchev–Trinajstić information content (AvgIpc) is 2.93. The number of urea groups is 1. The summed E-state index contributed by atoms with van der Waals surface area (Å²) in [4.78, 5) is 21.9. The van der Waals surface area contributed by atoms with Crippen LogP contribution >= 0.6 is 0 Å². The Kier molecular flexibility index (Phi) is 3.94. The van der Waals surface area contributed by atoms with Gasteiger partial charge in [0.25, 0.3) is 0 Å². The molecule has 1 aliphatic rings. The molecular formula is C8H15N3O5S. The molecule has 0 aromatic heterocycles. The molecule has 1 fully saturated rings. The Labute approximate surface area is 98.6 Å². The minimum Gasteiger partial charge on any atom is -0.481 e. The molecule has 0 atom stereocenters. The van der Waals surface area contributed by atoms with Gasteiger partial charge >= 0.3 is 12.0 Å². The summed E-state index contributed by atoms with van der Waals surface area (Å²) in [5.74, 6) is -1.29. The predicted octanol–water partition coefficient (Wildman–Crippen LogP) is -1.56. The van der Waals surface area contributed by atoms with Gasteiger partial charge in [-0.3, -0.25) is 4.79 Å². The SMILES string of the molecule is NS(=O)(=O)CCNC(=O)NCC1(C(=O)O)CC1. The van der Waals surface area contributed by atoms with Crippen LogP contribution in [0.1, 0.15) is 12.8 Å². The monoisotopic (exact) mass is 265 g/mol. The van der Waals surface area contributed by atoms with Gasteiger partial charge in [0.05, 0.1) is 11.2 Å². The van der Waals surface area contributed by atoms with Gasteiger partial charge in [0.15, 0.2) is 0 Å². The fraction of sp³-hybridized carbons (Fsp3) is 0.750. The summed E-state index contributed by atoms with van der Waals surface area (Å²) in [6, 6.07) is -0.596. The van der Waals surface area contributed by atoms with Crippen molar-refractivity contribution >= 4 is 22.0 Å². The first kappa shape index (κ1) is 13.7. The number of aliphatic carboxylic acids is 1. The van der Waals surface area contributed by atoms with Crippen molar-refractivity contribution in [1.29, 1.82) is 0 Å². The number of nitrogens with two attached hydrogens (primary N) is 1. The smallest absolute Gasteiger partial charge is 0.314 e. The molecule has 0 aromatic rings. The number of nitrogens with one attached hydrogen (secondary N) is 2. The Hall–Kier alpha value is -1.35. The number of carbonyl (C=O) groups excluding carboxylic acids is 1. The number of carbonyl (C=O) groups is 2. The van der Waals surface area contributed by atoms with E-state index < -0.39 is 27.4 Å². The number of sulfonamides is 1. The molecule has 0 heterocycles. The largest absolute Gasteiger partial charge is 0.481 e. The fourth-order valence-electron chi connectivity index (χ4n) is 1.24. The number of primary sulfonamides is 1. The van der Waals surface area contributed by atoms with E-state index >= 15 is 0 Å². The van der Waals surface area contributed by atoms with Gasteiger partial charge in [0.2, 0.25) is 10.0 Å². The zero-order valence-corrected chi connectivity index (χ0v) is 9.92. The molecule has 17 heavy (non-hydrogen) atoms. The second-order valence-corrected chi connectivity index (χ2v) is 5.80. The van der Waals surface area contributed by atoms with Crippen molar-refractivity contribution in [3.8, 4) is 0 Å². The van der Waals surface area contributed by atoms with Crippen LogP contribution < -0.4 is 15.8 Å². The topological polar surface area (TPSA) is 139 Å². The standard InChI is InChI=1S/C8H15N3O5S/c9-17(15,16)4-3-10-7(14)11-5-8(1-2-8)6(12)13/h1-5H2,(H,12,13)(H2,9,15,16)(H2,10,11,14). The van der Waals surface area contributed by atoms with E-state index in [0.29, 0.717) is 12.8 Å². The van der Waals surface area contributed by atoms with Gasteiger partial charge in [-0.15, -0.1) is 0 Å². The van der Waals surface area contributed by atoms with Crippen molar-refractivity contribution in [2.24, 2.45) is 10.6 Å². The number of hydrogen-bond acceptors (Lipinski definition) is 4. The first-order valence-electron chi connectivity index (χ1n) is 5.01. The maximum absolute atomic E-state index is 11.2. The zero-order valence-electron chi connectivity index (χ0n) is 9.10. The van der Waals surface area contributed by atoms with Gasteiger partial charge in [-0.1, -0.05) is 0 Å². The lowest BCUT2D eigenvalue weighted by molar-refractivity contribution is -0.143. The number of rotatable bonds is 6. The molecule has 0 unspecified atom stereocenters. The summed E-state index contributed by atoms with van der Waals surface area (Å²) in [6.07, 6.45) is 1.08. The van der Waals surface area contributed by atoms with E-state index in [0.717, 1.165) is 0 Å². The molecule has 0 aromatic carbocycles. The summed E-state index contributed by atoms with van der Waals surface area (Å²) in [7, 11) is -3.60. The van der Waals surface area contributed by atoms with Crippen LogP contribution in [0.3, 0.4) is 0 Å². The fourth-order valence-corrected chi connectivity index (χ4v) is 1.62. The van der Waals surface area contributed by atoms with Crippen LogP contribution in [0, 0.1) is 5.41 Å². The molecule has 1 rings (SSSR count). The zero-order chi connectivity index (χ0) is 13.1. The maximum atomic E-state index is 11.2. The number of carboxylic acid groups (broad SMARTS) is 1. The molecule has 2 amide bonds. The van der Waals surface area contributed by atoms with Crippen LogP contribution in [0.15, 0.2) is 0 Å². The Bertz CT molecular complexity index is 415. The molecule has 0 spiro atoms. The highest BCUT2D eigenvalue weighted by Crippen LogP contribution is 2.45. The van der Waals surface area contributed by atoms with E-state index in [9.17, 15) is 18.0 Å². The van der Waals surface area contributed by atoms with Gasteiger partial charge in [-0.2, -0.15) is 0 Å². The van der Waals surface area contributed by atoms with Gasteiger partial charge in [-0.25, -0.2) is 18.4 Å². The van der Waals surface area contributed by atoms with Crippen LogP contribution in [0.4, 0.5) is 4.79 Å². The molecular weight excluding hydrogens is 250 g/mol. The number of carboxylic acids is 1. The average molecular weight is 265 g/mol. The Morgan fingerprint density at radius 3 is 2.29 bits per heavy atom. The lowest BCUT2D eigenvalue weighted by Gasteiger charge is -2.11. The van der Waals surface area contributed by atoms with Crippen molar-refractivity contribution in [2.75, 3.05) is 18.8 Å². The third-order valence-corrected chi connectivity index (χ3v) is 3.34. The van der Waals surface area contributed by atoms with E-state index in [1.165, 1.54) is 0 Å². The molecule has 5 N–H and O–H groups in total. The third kappa shape index (κ3) is 4.57. The molecule has 0 aliphatic heterocycles. The lowest BCUT2D eigenvalue weighted by atomic mass is 10.1. The van der Waals surface area contributed by atoms with Crippen molar-refractivity contribution in [3.63, 3.8) is 0 Å². The van der Waals surface area contributed by atoms with E-state index in [2.05, 4.69) is 10.6 Å². The van der Waals surface area contributed by atoms with Crippen LogP contribution in [0.2, 0.25) is 0 Å². The van der Waals surface area contributed by atoms with E-state index in [4.69, 9.17) is 10.2 Å². The Balaban J connectivity index is 2.20. The van der Waals surface area contributed by atoms with Gasteiger partial charge in [-0.05, 0) is 12.8 Å². The summed E-state index contributed by atoms with van der Waals surface area (Å²) >= 11 is 0.